The first-order valence-electron chi connectivity index (χ1n) is 7.40. The number of hydrogen-bond acceptors (Lipinski definition) is 6. The molecule has 124 valence electrons. The van der Waals surface area contributed by atoms with Crippen molar-refractivity contribution in [2.24, 2.45) is 0 Å². The van der Waals surface area contributed by atoms with Crippen molar-refractivity contribution in [1.29, 1.82) is 0 Å². The van der Waals surface area contributed by atoms with Gasteiger partial charge < -0.3 is 10.1 Å². The Kier molecular flexibility index (Phi) is 5.22. The molecule has 0 saturated carbocycles. The molecule has 1 aromatic carbocycles. The number of benzene rings is 1. The topological polar surface area (TPSA) is 64.1 Å². The minimum absolute atomic E-state index is 0.0468. The molecule has 2 aromatic heterocycles. The van der Waals surface area contributed by atoms with Gasteiger partial charge in [-0.15, -0.1) is 22.7 Å². The van der Waals surface area contributed by atoms with Crippen LogP contribution in [0.15, 0.2) is 35.0 Å². The number of nitrogens with zero attached hydrogens (tertiary/aromatic N) is 2. The third-order valence-corrected chi connectivity index (χ3v) is 5.24. The van der Waals surface area contributed by atoms with Gasteiger partial charge in [0.05, 0.1) is 25.8 Å². The molecule has 5 nitrogen and oxygen atoms in total. The van der Waals surface area contributed by atoms with Gasteiger partial charge in [-0.25, -0.2) is 9.97 Å². The van der Waals surface area contributed by atoms with Crippen LogP contribution in [0.1, 0.15) is 16.4 Å². The SMILES string of the molecule is COc1ccc(-c2nc(CC(=O)NCc3nc(C)cs3)cs2)cc1. The van der Waals surface area contributed by atoms with E-state index in [0.717, 1.165) is 32.7 Å². The molecule has 24 heavy (non-hydrogen) atoms. The molecule has 0 aliphatic heterocycles. The zero-order chi connectivity index (χ0) is 16.9. The van der Waals surface area contributed by atoms with Crippen molar-refractivity contribution in [2.75, 3.05) is 7.11 Å². The van der Waals surface area contributed by atoms with Gasteiger partial charge in [0.15, 0.2) is 0 Å². The molecular formula is C17H17N3O2S2. The Hall–Kier alpha value is -2.25. The zero-order valence-electron chi connectivity index (χ0n) is 13.4. The monoisotopic (exact) mass is 359 g/mol. The lowest BCUT2D eigenvalue weighted by Crippen LogP contribution is -2.24. The van der Waals surface area contributed by atoms with Gasteiger partial charge in [0.1, 0.15) is 15.8 Å². The summed E-state index contributed by atoms with van der Waals surface area (Å²) in [6.45, 7) is 2.41. The molecule has 0 saturated heterocycles. The van der Waals surface area contributed by atoms with Gasteiger partial charge in [0.2, 0.25) is 5.91 Å². The molecule has 0 unspecified atom stereocenters. The molecule has 2 heterocycles. The number of aromatic nitrogens is 2. The summed E-state index contributed by atoms with van der Waals surface area (Å²) in [4.78, 5) is 20.9. The van der Waals surface area contributed by atoms with E-state index in [4.69, 9.17) is 4.74 Å². The summed E-state index contributed by atoms with van der Waals surface area (Å²) < 4.78 is 5.15. The summed E-state index contributed by atoms with van der Waals surface area (Å²) in [5.41, 5.74) is 2.78. The summed E-state index contributed by atoms with van der Waals surface area (Å²) in [6, 6.07) is 7.73. The van der Waals surface area contributed by atoms with Crippen molar-refractivity contribution in [3.05, 3.63) is 51.4 Å². The molecule has 0 atom stereocenters. The van der Waals surface area contributed by atoms with Gasteiger partial charge in [-0.1, -0.05) is 0 Å². The first-order chi connectivity index (χ1) is 11.6. The lowest BCUT2D eigenvalue weighted by Gasteiger charge is -2.01. The third kappa shape index (κ3) is 4.18. The summed E-state index contributed by atoms with van der Waals surface area (Å²) >= 11 is 3.09. The molecular weight excluding hydrogens is 342 g/mol. The maximum absolute atomic E-state index is 12.0. The number of carbonyl (C=O) groups excluding carboxylic acids is 1. The maximum atomic E-state index is 12.0. The lowest BCUT2D eigenvalue weighted by atomic mass is 10.2. The van der Waals surface area contributed by atoms with Crippen molar-refractivity contribution in [3.63, 3.8) is 0 Å². The second-order valence-corrected chi connectivity index (χ2v) is 7.01. The van der Waals surface area contributed by atoms with Gasteiger partial charge in [-0.05, 0) is 31.2 Å². The molecule has 7 heteroatoms. The lowest BCUT2D eigenvalue weighted by molar-refractivity contribution is -0.120. The van der Waals surface area contributed by atoms with Crippen LogP contribution in [-0.4, -0.2) is 23.0 Å². The Bertz CT molecular complexity index is 824. The second kappa shape index (κ2) is 7.55. The van der Waals surface area contributed by atoms with E-state index >= 15 is 0 Å². The maximum Gasteiger partial charge on any atom is 0.226 e. The Morgan fingerprint density at radius 3 is 2.62 bits per heavy atom. The highest BCUT2D eigenvalue weighted by atomic mass is 32.1. The highest BCUT2D eigenvalue weighted by Crippen LogP contribution is 2.25. The fourth-order valence-corrected chi connectivity index (χ4v) is 3.68. The first-order valence-corrected chi connectivity index (χ1v) is 9.16. The molecule has 1 amide bonds. The largest absolute Gasteiger partial charge is 0.497 e. The predicted molar refractivity (Wildman–Crippen MR) is 96.5 cm³/mol. The number of ether oxygens (including phenoxy) is 1. The molecule has 1 N–H and O–H groups in total. The fourth-order valence-electron chi connectivity index (χ4n) is 2.14. The number of amides is 1. The number of rotatable bonds is 6. The van der Waals surface area contributed by atoms with Crippen LogP contribution in [0.2, 0.25) is 0 Å². The zero-order valence-corrected chi connectivity index (χ0v) is 15.0. The van der Waals surface area contributed by atoms with E-state index in [2.05, 4.69) is 15.3 Å². The Balaban J connectivity index is 1.57. The predicted octanol–water partition coefficient (Wildman–Crippen LogP) is 3.44. The summed E-state index contributed by atoms with van der Waals surface area (Å²) in [5, 5.41) is 8.59. The van der Waals surface area contributed by atoms with Crippen LogP contribution in [0.3, 0.4) is 0 Å². The minimum Gasteiger partial charge on any atom is -0.497 e. The number of thiazole rings is 2. The second-order valence-electron chi connectivity index (χ2n) is 5.21. The standard InChI is InChI=1S/C17H17N3O2S2/c1-11-9-23-16(19-11)8-18-15(21)7-13-10-24-17(20-13)12-3-5-14(22-2)6-4-12/h3-6,9-10H,7-8H2,1-2H3,(H,18,21). The molecule has 3 aromatic rings. The Labute approximate surface area is 148 Å². The highest BCUT2D eigenvalue weighted by Gasteiger charge is 2.10. The molecule has 0 spiro atoms. The van der Waals surface area contributed by atoms with Crippen molar-refractivity contribution in [1.82, 2.24) is 15.3 Å². The van der Waals surface area contributed by atoms with Gasteiger partial charge in [0.25, 0.3) is 0 Å². The molecule has 0 aliphatic carbocycles. The van der Waals surface area contributed by atoms with E-state index < -0.39 is 0 Å². The van der Waals surface area contributed by atoms with E-state index in [-0.39, 0.29) is 12.3 Å². The van der Waals surface area contributed by atoms with Crippen molar-refractivity contribution in [2.45, 2.75) is 19.9 Å². The Morgan fingerprint density at radius 2 is 1.96 bits per heavy atom. The molecule has 3 rings (SSSR count). The number of methoxy groups -OCH3 is 1. The van der Waals surface area contributed by atoms with Crippen LogP contribution in [0.25, 0.3) is 10.6 Å². The van der Waals surface area contributed by atoms with E-state index in [0.29, 0.717) is 6.54 Å². The minimum atomic E-state index is -0.0468. The number of carbonyl (C=O) groups is 1. The fraction of sp³-hybridized carbons (Fsp3) is 0.235. The van der Waals surface area contributed by atoms with E-state index in [1.54, 1.807) is 18.4 Å². The van der Waals surface area contributed by atoms with Gasteiger partial charge >= 0.3 is 0 Å². The Morgan fingerprint density at radius 1 is 1.17 bits per heavy atom. The van der Waals surface area contributed by atoms with E-state index in [1.165, 1.54) is 11.3 Å². The van der Waals surface area contributed by atoms with Crippen LogP contribution >= 0.6 is 22.7 Å². The van der Waals surface area contributed by atoms with Crippen molar-refractivity contribution < 1.29 is 9.53 Å². The molecule has 0 bridgehead atoms. The van der Waals surface area contributed by atoms with Crippen LogP contribution in [-0.2, 0) is 17.8 Å². The van der Waals surface area contributed by atoms with E-state index in [1.807, 2.05) is 41.9 Å². The van der Waals surface area contributed by atoms with Crippen LogP contribution in [0.4, 0.5) is 0 Å². The van der Waals surface area contributed by atoms with Crippen molar-refractivity contribution in [3.8, 4) is 16.3 Å². The average molecular weight is 359 g/mol. The van der Waals surface area contributed by atoms with Crippen LogP contribution in [0, 0.1) is 6.92 Å². The highest BCUT2D eigenvalue weighted by molar-refractivity contribution is 7.13. The van der Waals surface area contributed by atoms with Crippen LogP contribution in [0.5, 0.6) is 5.75 Å². The number of aryl methyl sites for hydroxylation is 1. The smallest absolute Gasteiger partial charge is 0.226 e. The van der Waals surface area contributed by atoms with Gasteiger partial charge in [-0.3, -0.25) is 4.79 Å². The van der Waals surface area contributed by atoms with Gasteiger partial charge in [-0.2, -0.15) is 0 Å². The number of hydrogen-bond donors (Lipinski definition) is 1. The average Bonchev–Trinajstić information content (AvgIpc) is 3.22. The van der Waals surface area contributed by atoms with Gasteiger partial charge in [0, 0.05) is 22.0 Å². The van der Waals surface area contributed by atoms with E-state index in [9.17, 15) is 4.79 Å². The molecule has 0 radical (unpaired) electrons. The summed E-state index contributed by atoms with van der Waals surface area (Å²) in [6.07, 6.45) is 0.275. The third-order valence-electron chi connectivity index (χ3n) is 3.33. The number of nitrogens with one attached hydrogen (secondary N) is 1. The van der Waals surface area contributed by atoms with Crippen molar-refractivity contribution >= 4 is 28.6 Å². The summed E-state index contributed by atoms with van der Waals surface area (Å²) in [7, 11) is 1.64. The normalized spacial score (nSPS) is 10.6. The van der Waals surface area contributed by atoms with Crippen LogP contribution < -0.4 is 10.1 Å². The molecule has 0 fully saturated rings. The summed E-state index contributed by atoms with van der Waals surface area (Å²) in [5.74, 6) is 0.766. The molecule has 0 aliphatic rings. The first kappa shape index (κ1) is 16.6. The quantitative estimate of drug-likeness (QED) is 0.732.